The Labute approximate surface area is 202 Å². The first-order valence-corrected chi connectivity index (χ1v) is 11.6. The summed E-state index contributed by atoms with van der Waals surface area (Å²) in [5.41, 5.74) is 1.61. The molecular weight excluding hydrogens is 487 g/mol. The summed E-state index contributed by atoms with van der Waals surface area (Å²) in [6.45, 7) is 1.49. The van der Waals surface area contributed by atoms with Crippen molar-refractivity contribution in [1.82, 2.24) is 15.0 Å². The molecule has 1 aliphatic carbocycles. The van der Waals surface area contributed by atoms with E-state index in [2.05, 4.69) is 25.6 Å². The van der Waals surface area contributed by atoms with Gasteiger partial charge in [-0.3, -0.25) is 4.79 Å². The van der Waals surface area contributed by atoms with Crippen molar-refractivity contribution in [1.29, 1.82) is 0 Å². The number of thiazole rings is 1. The third-order valence-corrected chi connectivity index (χ3v) is 6.72. The Hall–Kier alpha value is -3.03. The van der Waals surface area contributed by atoms with Crippen LogP contribution in [0.3, 0.4) is 0 Å². The maximum absolute atomic E-state index is 12.8. The molecule has 9 nitrogen and oxygen atoms in total. The van der Waals surface area contributed by atoms with Gasteiger partial charge in [-0.2, -0.15) is 18.2 Å². The van der Waals surface area contributed by atoms with Gasteiger partial charge in [0.2, 0.25) is 5.95 Å². The van der Waals surface area contributed by atoms with Crippen LogP contribution in [0.2, 0.25) is 0 Å². The fraction of sp³-hybridized carbons (Fsp3) is 0.455. The van der Waals surface area contributed by atoms with Gasteiger partial charge in [0.15, 0.2) is 0 Å². The lowest BCUT2D eigenvalue weighted by Gasteiger charge is -2.21. The number of rotatable bonds is 7. The number of alkyl halides is 3. The van der Waals surface area contributed by atoms with Crippen molar-refractivity contribution < 1.29 is 32.9 Å². The molecule has 3 aromatic rings. The number of hydrogen-bond acceptors (Lipinski definition) is 10. The minimum Gasteiger partial charge on any atom is -0.465 e. The van der Waals surface area contributed by atoms with E-state index in [4.69, 9.17) is 4.74 Å². The molecular formula is C22H24F3N5O4S. The van der Waals surface area contributed by atoms with E-state index in [-0.39, 0.29) is 24.8 Å². The van der Waals surface area contributed by atoms with Gasteiger partial charge in [-0.1, -0.05) is 12.1 Å². The van der Waals surface area contributed by atoms with Gasteiger partial charge in [-0.25, -0.2) is 9.97 Å². The van der Waals surface area contributed by atoms with Crippen molar-refractivity contribution in [3.05, 3.63) is 30.0 Å². The number of aromatic nitrogens is 3. The summed E-state index contributed by atoms with van der Waals surface area (Å²) in [5.74, 6) is -1.10. The van der Waals surface area contributed by atoms with Crippen LogP contribution in [0.5, 0.6) is 0 Å². The zero-order valence-corrected chi connectivity index (χ0v) is 19.7. The summed E-state index contributed by atoms with van der Waals surface area (Å²) in [6, 6.07) is 6.75. The minimum atomic E-state index is -4.47. The van der Waals surface area contributed by atoms with E-state index in [0.717, 1.165) is 10.2 Å². The predicted octanol–water partition coefficient (Wildman–Crippen LogP) is 3.12. The Morgan fingerprint density at radius 2 is 1.94 bits per heavy atom. The molecule has 0 bridgehead atoms. The molecule has 2 aromatic heterocycles. The molecule has 0 saturated heterocycles. The normalized spacial score (nSPS) is 22.4. The van der Waals surface area contributed by atoms with Crippen LogP contribution in [0, 0.1) is 12.8 Å². The number of aryl methyl sites for hydroxylation is 1. The number of nitrogens with one attached hydrogen (secondary N) is 2. The van der Waals surface area contributed by atoms with Gasteiger partial charge in [0, 0.05) is 12.8 Å². The van der Waals surface area contributed by atoms with Gasteiger partial charge < -0.3 is 25.6 Å². The van der Waals surface area contributed by atoms with Gasteiger partial charge in [0.1, 0.15) is 23.5 Å². The lowest BCUT2D eigenvalue weighted by Crippen LogP contribution is -2.36. The number of fused-ring (bicyclic) bond motifs is 1. The first-order valence-electron chi connectivity index (χ1n) is 10.8. The molecule has 1 aliphatic rings. The lowest BCUT2D eigenvalue weighted by molar-refractivity contribution is -0.143. The van der Waals surface area contributed by atoms with Crippen LogP contribution in [0.4, 0.5) is 24.9 Å². The van der Waals surface area contributed by atoms with Crippen molar-refractivity contribution in [3.63, 3.8) is 0 Å². The van der Waals surface area contributed by atoms with Gasteiger partial charge in [-0.05, 0) is 25.5 Å². The first kappa shape index (κ1) is 25.1. The van der Waals surface area contributed by atoms with Crippen LogP contribution in [0.1, 0.15) is 19.0 Å². The fourth-order valence-electron chi connectivity index (χ4n) is 4.00. The highest BCUT2D eigenvalue weighted by Crippen LogP contribution is 2.38. The number of esters is 1. The topological polar surface area (TPSA) is 129 Å². The highest BCUT2D eigenvalue weighted by Gasteiger charge is 2.42. The highest BCUT2D eigenvalue weighted by molar-refractivity contribution is 7.21. The average Bonchev–Trinajstić information content (AvgIpc) is 3.32. The van der Waals surface area contributed by atoms with Crippen molar-refractivity contribution in [2.24, 2.45) is 5.92 Å². The Morgan fingerprint density at radius 1 is 1.20 bits per heavy atom. The molecule has 4 rings (SSSR count). The Kier molecular flexibility index (Phi) is 7.10. The predicted molar refractivity (Wildman–Crippen MR) is 124 cm³/mol. The number of para-hydroxylation sites is 1. The maximum Gasteiger partial charge on any atom is 0.405 e. The third kappa shape index (κ3) is 5.80. The number of benzene rings is 1. The molecule has 0 radical (unpaired) electrons. The van der Waals surface area contributed by atoms with Crippen molar-refractivity contribution in [3.8, 4) is 10.6 Å². The Bertz CT molecular complexity index is 1190. The van der Waals surface area contributed by atoms with E-state index in [9.17, 15) is 28.2 Å². The Morgan fingerprint density at radius 3 is 2.63 bits per heavy atom. The van der Waals surface area contributed by atoms with Crippen molar-refractivity contribution >= 4 is 39.3 Å². The first-order chi connectivity index (χ1) is 16.5. The van der Waals surface area contributed by atoms with Gasteiger partial charge in [0.25, 0.3) is 0 Å². The number of ether oxygens (including phenoxy) is 1. The van der Waals surface area contributed by atoms with Crippen LogP contribution in [0.25, 0.3) is 20.8 Å². The van der Waals surface area contributed by atoms with E-state index in [0.29, 0.717) is 16.3 Å². The van der Waals surface area contributed by atoms with Crippen molar-refractivity contribution in [2.75, 3.05) is 23.8 Å². The fourth-order valence-corrected chi connectivity index (χ4v) is 5.07. The average molecular weight is 512 g/mol. The largest absolute Gasteiger partial charge is 0.465 e. The third-order valence-electron chi connectivity index (χ3n) is 5.67. The summed E-state index contributed by atoms with van der Waals surface area (Å²) in [7, 11) is 0. The zero-order valence-electron chi connectivity index (χ0n) is 18.8. The quantitative estimate of drug-likeness (QED) is 0.354. The second kappa shape index (κ2) is 9.91. The second-order valence-electron chi connectivity index (χ2n) is 8.34. The van der Waals surface area contributed by atoms with E-state index >= 15 is 0 Å². The van der Waals surface area contributed by atoms with E-state index in [1.54, 1.807) is 6.92 Å². The van der Waals surface area contributed by atoms with E-state index < -0.39 is 42.9 Å². The van der Waals surface area contributed by atoms with Gasteiger partial charge in [-0.15, -0.1) is 11.3 Å². The number of aliphatic hydroxyl groups is 2. The molecule has 4 unspecified atom stereocenters. The highest BCUT2D eigenvalue weighted by atomic mass is 32.1. The number of anilines is 2. The van der Waals surface area contributed by atoms with Gasteiger partial charge in [0.05, 0.1) is 40.2 Å². The van der Waals surface area contributed by atoms with Gasteiger partial charge >= 0.3 is 12.1 Å². The number of aliphatic hydroxyl groups excluding tert-OH is 2. The number of hydrogen-bond donors (Lipinski definition) is 4. The molecule has 2 heterocycles. The molecule has 1 fully saturated rings. The standard InChI is InChI=1S/C22H24F3N5O4S/c1-10-16(20-29-13-5-3-4-6-15(13)35-20)19(30-21(27-10)26-9-22(23,24)25)28-14-7-12(8-34-11(2)31)17(32)18(14)33/h3-6,12,14,17-18,32-33H,7-9H2,1-2H3,(H2,26,27,28,30). The molecule has 0 amide bonds. The van der Waals surface area contributed by atoms with Crippen LogP contribution >= 0.6 is 11.3 Å². The minimum absolute atomic E-state index is 0.0718. The SMILES string of the molecule is CC(=O)OCC1CC(Nc2nc(NCC(F)(F)F)nc(C)c2-c2nc3ccccc3s2)C(O)C1O. The number of carbonyl (C=O) groups excluding carboxylic acids is 1. The Balaban J connectivity index is 1.68. The summed E-state index contributed by atoms with van der Waals surface area (Å²) in [4.78, 5) is 24.2. The second-order valence-corrected chi connectivity index (χ2v) is 9.37. The molecule has 0 spiro atoms. The molecule has 188 valence electrons. The van der Waals surface area contributed by atoms with Crippen LogP contribution < -0.4 is 10.6 Å². The zero-order chi connectivity index (χ0) is 25.3. The molecule has 0 aliphatic heterocycles. The molecule has 13 heteroatoms. The number of nitrogens with zero attached hydrogens (tertiary/aromatic N) is 3. The summed E-state index contributed by atoms with van der Waals surface area (Å²) < 4.78 is 44.2. The molecule has 4 atom stereocenters. The van der Waals surface area contributed by atoms with Crippen molar-refractivity contribution in [2.45, 2.75) is 44.7 Å². The number of carbonyl (C=O) groups is 1. The van der Waals surface area contributed by atoms with E-state index in [1.165, 1.54) is 18.3 Å². The van der Waals surface area contributed by atoms with Crippen LogP contribution in [-0.4, -0.2) is 68.7 Å². The smallest absolute Gasteiger partial charge is 0.405 e. The maximum atomic E-state index is 12.8. The molecule has 35 heavy (non-hydrogen) atoms. The van der Waals surface area contributed by atoms with Crippen LogP contribution in [0.15, 0.2) is 24.3 Å². The summed E-state index contributed by atoms with van der Waals surface area (Å²) >= 11 is 1.37. The summed E-state index contributed by atoms with van der Waals surface area (Å²) in [6.07, 6.45) is -6.61. The summed E-state index contributed by atoms with van der Waals surface area (Å²) in [5, 5.41) is 26.8. The molecule has 1 saturated carbocycles. The molecule has 1 aromatic carbocycles. The van der Waals surface area contributed by atoms with E-state index in [1.807, 2.05) is 24.3 Å². The molecule has 4 N–H and O–H groups in total. The number of halogens is 3. The monoisotopic (exact) mass is 511 g/mol. The van der Waals surface area contributed by atoms with Crippen LogP contribution in [-0.2, 0) is 9.53 Å². The lowest BCUT2D eigenvalue weighted by atomic mass is 10.1.